The van der Waals surface area contributed by atoms with Crippen LogP contribution in [0.1, 0.15) is 52.1 Å². The van der Waals surface area contributed by atoms with E-state index in [1.807, 2.05) is 67.6 Å². The van der Waals surface area contributed by atoms with E-state index in [1.165, 1.54) is 26.2 Å². The molecule has 14 heteroatoms. The Labute approximate surface area is 353 Å². The van der Waals surface area contributed by atoms with Crippen molar-refractivity contribution in [3.05, 3.63) is 165 Å². The summed E-state index contributed by atoms with van der Waals surface area (Å²) in [7, 11) is -5.19. The first-order valence-corrected chi connectivity index (χ1v) is 22.2. The van der Waals surface area contributed by atoms with E-state index in [9.17, 15) is 26.4 Å². The molecule has 0 aliphatic carbocycles. The number of fused-ring (bicyclic) bond motifs is 4. The first-order valence-electron chi connectivity index (χ1n) is 18.6. The Balaban J connectivity index is 0.000000179. The van der Waals surface area contributed by atoms with E-state index in [1.54, 1.807) is 55.5 Å². The van der Waals surface area contributed by atoms with Crippen molar-refractivity contribution < 1.29 is 35.9 Å². The minimum Gasteiger partial charge on any atom is -0.491 e. The molecule has 0 bridgehead atoms. The number of allylic oxidation sites excluding steroid dienone is 2. The second kappa shape index (κ2) is 16.5. The maximum Gasteiger partial charge on any atom is 0.265 e. The Bertz CT molecular complexity index is 2980. The summed E-state index contributed by atoms with van der Waals surface area (Å²) >= 11 is 12.7. The highest BCUT2D eigenvalue weighted by atomic mass is 35.5. The SMILES string of the molecule is CCCOC1=C(C(=O)c2ccc3ccccc3c2)N(C)S(=O)(=O)c2cccc(Cl)c21.CCOC1=C(C(=O)c2ccc3ccccc3c2)N(C)S(=O)(=O)c2cccc(Cl)c21. The Morgan fingerprint density at radius 1 is 0.542 bits per heavy atom. The van der Waals surface area contributed by atoms with Crippen molar-refractivity contribution in [2.24, 2.45) is 0 Å². The van der Waals surface area contributed by atoms with Crippen LogP contribution in [0.5, 0.6) is 0 Å². The summed E-state index contributed by atoms with van der Waals surface area (Å²) in [5.74, 6) is -0.532. The fraction of sp³-hybridized carbons (Fsp3) is 0.156. The number of likely N-dealkylation sites (N-methyl/N-ethyl adjacent to an activating group) is 2. The number of rotatable bonds is 9. The predicted octanol–water partition coefficient (Wildman–Crippen LogP) is 9.82. The molecule has 0 atom stereocenters. The highest BCUT2D eigenvalue weighted by Gasteiger charge is 2.41. The quantitative estimate of drug-likeness (QED) is 0.132. The molecule has 6 aromatic carbocycles. The molecule has 2 aliphatic heterocycles. The highest BCUT2D eigenvalue weighted by molar-refractivity contribution is 7.89. The second-order valence-corrected chi connectivity index (χ2v) is 18.3. The zero-order valence-electron chi connectivity index (χ0n) is 32.4. The molecular weight excluding hydrogens is 832 g/mol. The Morgan fingerprint density at radius 2 is 0.949 bits per heavy atom. The largest absolute Gasteiger partial charge is 0.491 e. The van der Waals surface area contributed by atoms with E-state index in [0.29, 0.717) is 24.2 Å². The van der Waals surface area contributed by atoms with E-state index >= 15 is 0 Å². The third-order valence-corrected chi connectivity index (χ3v) is 14.2. The van der Waals surface area contributed by atoms with E-state index in [-0.39, 0.29) is 60.5 Å². The topological polar surface area (TPSA) is 127 Å². The lowest BCUT2D eigenvalue weighted by Crippen LogP contribution is -2.35. The summed E-state index contributed by atoms with van der Waals surface area (Å²) in [6.45, 7) is 4.28. The van der Waals surface area contributed by atoms with Crippen molar-refractivity contribution >= 4 is 87.9 Å². The number of nitrogens with zero attached hydrogens (tertiary/aromatic N) is 2. The van der Waals surface area contributed by atoms with E-state index in [2.05, 4.69) is 0 Å². The number of hydrogen-bond acceptors (Lipinski definition) is 8. The molecule has 302 valence electrons. The number of halogens is 2. The minimum absolute atomic E-state index is 0.0195. The molecule has 2 heterocycles. The summed E-state index contributed by atoms with van der Waals surface area (Å²) in [6, 6.07) is 35.1. The van der Waals surface area contributed by atoms with Crippen LogP contribution in [0.25, 0.3) is 33.1 Å². The lowest BCUT2D eigenvalue weighted by molar-refractivity contribution is 0.0999. The predicted molar refractivity (Wildman–Crippen MR) is 231 cm³/mol. The van der Waals surface area contributed by atoms with Crippen LogP contribution in [-0.4, -0.2) is 64.3 Å². The molecule has 10 nitrogen and oxygen atoms in total. The summed E-state index contributed by atoms with van der Waals surface area (Å²) in [4.78, 5) is 27.1. The van der Waals surface area contributed by atoms with Gasteiger partial charge in [-0.3, -0.25) is 18.2 Å². The van der Waals surface area contributed by atoms with E-state index < -0.39 is 31.6 Å². The van der Waals surface area contributed by atoms with Gasteiger partial charge in [0.25, 0.3) is 20.0 Å². The number of benzene rings is 6. The lowest BCUT2D eigenvalue weighted by Gasteiger charge is -2.31. The van der Waals surface area contributed by atoms with Gasteiger partial charge < -0.3 is 9.47 Å². The van der Waals surface area contributed by atoms with Crippen LogP contribution in [-0.2, 0) is 29.5 Å². The standard InChI is InChI=1S/C23H20ClNO4S.C22H18ClNO4S/c1-3-13-29-23-20-18(24)9-6-10-19(20)30(27,28)25(2)21(23)22(26)17-12-11-15-7-4-5-8-16(15)14-17;1-3-28-22-19-17(23)9-6-10-18(19)29(26,27)24(2)20(22)21(25)16-12-11-14-7-4-5-8-15(14)13-16/h4-12,14H,3,13H2,1-2H3;4-13H,3H2,1-2H3. The van der Waals surface area contributed by atoms with Crippen LogP contribution in [0.4, 0.5) is 0 Å². The Morgan fingerprint density at radius 3 is 1.36 bits per heavy atom. The van der Waals surface area contributed by atoms with Crippen LogP contribution < -0.4 is 0 Å². The molecule has 0 amide bonds. The van der Waals surface area contributed by atoms with Crippen molar-refractivity contribution in [3.63, 3.8) is 0 Å². The molecule has 0 saturated carbocycles. The normalized spacial score (nSPS) is 15.3. The maximum atomic E-state index is 13.5. The highest BCUT2D eigenvalue weighted by Crippen LogP contribution is 2.43. The molecule has 0 spiro atoms. The summed E-state index contributed by atoms with van der Waals surface area (Å²) in [5, 5.41) is 4.19. The summed E-state index contributed by atoms with van der Waals surface area (Å²) in [6.07, 6.45) is 0.692. The number of ether oxygens (including phenoxy) is 2. The summed E-state index contributed by atoms with van der Waals surface area (Å²) < 4.78 is 66.2. The van der Waals surface area contributed by atoms with E-state index in [0.717, 1.165) is 30.2 Å². The molecule has 59 heavy (non-hydrogen) atoms. The van der Waals surface area contributed by atoms with Crippen molar-refractivity contribution in [1.29, 1.82) is 0 Å². The van der Waals surface area contributed by atoms with Gasteiger partial charge in [-0.25, -0.2) is 16.8 Å². The average molecular weight is 870 g/mol. The number of carbonyl (C=O) groups excluding carboxylic acids is 2. The zero-order valence-corrected chi connectivity index (χ0v) is 35.5. The molecular formula is C45H38Cl2N2O8S2. The van der Waals surface area contributed by atoms with E-state index in [4.69, 9.17) is 32.7 Å². The molecule has 0 fully saturated rings. The Hall–Kier alpha value is -5.66. The number of carbonyl (C=O) groups is 2. The molecule has 0 radical (unpaired) electrons. The third kappa shape index (κ3) is 7.46. The van der Waals surface area contributed by atoms with Crippen LogP contribution in [0.3, 0.4) is 0 Å². The monoisotopic (exact) mass is 868 g/mol. The van der Waals surface area contributed by atoms with Gasteiger partial charge in [-0.05, 0) is 71.3 Å². The number of Topliss-reactive ketones (excluding diaryl/α,β-unsaturated/α-hetero) is 2. The fourth-order valence-electron chi connectivity index (χ4n) is 6.99. The maximum absolute atomic E-state index is 13.5. The van der Waals surface area contributed by atoms with Crippen molar-refractivity contribution in [2.75, 3.05) is 27.3 Å². The molecule has 0 unspecified atom stereocenters. The van der Waals surface area contributed by atoms with Crippen molar-refractivity contribution in [1.82, 2.24) is 8.61 Å². The smallest absolute Gasteiger partial charge is 0.265 e. The first-order chi connectivity index (χ1) is 28.2. The van der Waals surface area contributed by atoms with Gasteiger partial charge in [0.15, 0.2) is 11.5 Å². The van der Waals surface area contributed by atoms with Gasteiger partial charge in [0, 0.05) is 25.2 Å². The van der Waals surface area contributed by atoms with Gasteiger partial charge in [-0.2, -0.15) is 0 Å². The van der Waals surface area contributed by atoms with Gasteiger partial charge in [0.2, 0.25) is 11.6 Å². The molecule has 0 aromatic heterocycles. The van der Waals surface area contributed by atoms with Crippen LogP contribution in [0, 0.1) is 0 Å². The molecule has 0 N–H and O–H groups in total. The summed E-state index contributed by atoms with van der Waals surface area (Å²) in [5.41, 5.74) is 1.10. The van der Waals surface area contributed by atoms with Gasteiger partial charge in [-0.1, -0.05) is 115 Å². The fourth-order valence-corrected chi connectivity index (χ4v) is 10.5. The van der Waals surface area contributed by atoms with Gasteiger partial charge in [-0.15, -0.1) is 0 Å². The number of ketones is 2. The third-order valence-electron chi connectivity index (χ3n) is 9.93. The van der Waals surface area contributed by atoms with Crippen molar-refractivity contribution in [2.45, 2.75) is 30.1 Å². The average Bonchev–Trinajstić information content (AvgIpc) is 3.23. The zero-order chi connectivity index (χ0) is 42.2. The number of hydrogen-bond donors (Lipinski definition) is 0. The molecule has 6 aromatic rings. The second-order valence-electron chi connectivity index (χ2n) is 13.6. The lowest BCUT2D eigenvalue weighted by atomic mass is 10.0. The van der Waals surface area contributed by atoms with Gasteiger partial charge >= 0.3 is 0 Å². The Kier molecular flexibility index (Phi) is 11.6. The van der Waals surface area contributed by atoms with Crippen LogP contribution >= 0.6 is 23.2 Å². The van der Waals surface area contributed by atoms with Crippen LogP contribution in [0.15, 0.2) is 143 Å². The van der Waals surface area contributed by atoms with Gasteiger partial charge in [0.1, 0.15) is 21.2 Å². The minimum atomic E-state index is -3.96. The first kappa shape index (κ1) is 41.5. The molecule has 8 rings (SSSR count). The van der Waals surface area contributed by atoms with Crippen molar-refractivity contribution in [3.8, 4) is 0 Å². The van der Waals surface area contributed by atoms with Crippen LogP contribution in [0.2, 0.25) is 10.0 Å². The van der Waals surface area contributed by atoms with Gasteiger partial charge in [0.05, 0.1) is 34.4 Å². The number of sulfonamides is 2. The molecule has 2 aliphatic rings. The molecule has 0 saturated heterocycles.